The predicted molar refractivity (Wildman–Crippen MR) is 89.5 cm³/mol. The number of aromatic nitrogens is 4. The largest absolute Gasteiger partial charge is 0.426 e. The Balaban J connectivity index is 1.73. The van der Waals surface area contributed by atoms with E-state index in [0.29, 0.717) is 16.8 Å². The lowest BCUT2D eigenvalue weighted by molar-refractivity contribution is 0.449. The second-order valence-electron chi connectivity index (χ2n) is 5.17. The van der Waals surface area contributed by atoms with Gasteiger partial charge in [-0.2, -0.15) is 4.98 Å². The van der Waals surface area contributed by atoms with Crippen LogP contribution in [0.15, 0.2) is 55.1 Å². The van der Waals surface area contributed by atoms with Gasteiger partial charge in [0.2, 0.25) is 0 Å². The standard InChI is InChI=1S/C17H13ClN4O/c1-11-15(22-9-8-19-10-22)7-6-14-16(11)21-17(20-14)23-13-4-2-12(18)3-5-13/h2-10H,1H3,(H,20,21). The Morgan fingerprint density at radius 2 is 1.96 bits per heavy atom. The number of rotatable bonds is 3. The van der Waals surface area contributed by atoms with Crippen LogP contribution < -0.4 is 4.74 Å². The Kier molecular flexibility index (Phi) is 3.28. The molecule has 0 aliphatic rings. The summed E-state index contributed by atoms with van der Waals surface area (Å²) < 4.78 is 7.72. The zero-order valence-corrected chi connectivity index (χ0v) is 13.1. The molecule has 0 fully saturated rings. The zero-order valence-electron chi connectivity index (χ0n) is 12.3. The molecule has 2 aromatic heterocycles. The minimum atomic E-state index is 0.452. The highest BCUT2D eigenvalue weighted by Crippen LogP contribution is 2.27. The molecule has 0 radical (unpaired) electrons. The molecule has 2 aromatic carbocycles. The molecule has 5 nitrogen and oxygen atoms in total. The Labute approximate surface area is 137 Å². The van der Waals surface area contributed by atoms with E-state index < -0.39 is 0 Å². The van der Waals surface area contributed by atoms with E-state index in [9.17, 15) is 0 Å². The van der Waals surface area contributed by atoms with Crippen molar-refractivity contribution in [1.82, 2.24) is 19.5 Å². The quantitative estimate of drug-likeness (QED) is 0.603. The Morgan fingerprint density at radius 1 is 1.13 bits per heavy atom. The molecule has 4 rings (SSSR count). The second-order valence-corrected chi connectivity index (χ2v) is 5.61. The van der Waals surface area contributed by atoms with E-state index in [1.807, 2.05) is 29.8 Å². The second kappa shape index (κ2) is 5.44. The lowest BCUT2D eigenvalue weighted by Crippen LogP contribution is -1.94. The smallest absolute Gasteiger partial charge is 0.300 e. The third-order valence-electron chi connectivity index (χ3n) is 3.67. The fourth-order valence-corrected chi connectivity index (χ4v) is 2.65. The molecule has 0 aliphatic heterocycles. The number of aryl methyl sites for hydroxylation is 1. The monoisotopic (exact) mass is 324 g/mol. The van der Waals surface area contributed by atoms with Gasteiger partial charge in [0.05, 0.1) is 23.0 Å². The van der Waals surface area contributed by atoms with E-state index >= 15 is 0 Å². The zero-order chi connectivity index (χ0) is 15.8. The van der Waals surface area contributed by atoms with E-state index in [4.69, 9.17) is 16.3 Å². The van der Waals surface area contributed by atoms with Gasteiger partial charge >= 0.3 is 0 Å². The summed E-state index contributed by atoms with van der Waals surface area (Å²) in [5.41, 5.74) is 3.90. The third kappa shape index (κ3) is 2.55. The van der Waals surface area contributed by atoms with Crippen molar-refractivity contribution in [1.29, 1.82) is 0 Å². The summed E-state index contributed by atoms with van der Waals surface area (Å²) in [4.78, 5) is 11.8. The molecule has 0 bridgehead atoms. The van der Waals surface area contributed by atoms with Gasteiger partial charge in [0.15, 0.2) is 0 Å². The normalized spacial score (nSPS) is 11.0. The first-order chi connectivity index (χ1) is 11.2. The molecule has 0 saturated heterocycles. The highest BCUT2D eigenvalue weighted by molar-refractivity contribution is 6.30. The maximum absolute atomic E-state index is 5.88. The van der Waals surface area contributed by atoms with Crippen LogP contribution in [-0.2, 0) is 0 Å². The van der Waals surface area contributed by atoms with E-state index in [-0.39, 0.29) is 0 Å². The first-order valence-corrected chi connectivity index (χ1v) is 7.49. The Bertz CT molecular complexity index is 958. The summed E-state index contributed by atoms with van der Waals surface area (Å²) in [5, 5.41) is 0.669. The van der Waals surface area contributed by atoms with E-state index in [1.165, 1.54) is 0 Å². The van der Waals surface area contributed by atoms with Crippen LogP contribution in [0.5, 0.6) is 11.8 Å². The fourth-order valence-electron chi connectivity index (χ4n) is 2.52. The maximum Gasteiger partial charge on any atom is 0.300 e. The molecule has 114 valence electrons. The number of H-pyrrole nitrogens is 1. The summed E-state index contributed by atoms with van der Waals surface area (Å²) in [6.07, 6.45) is 5.43. The lowest BCUT2D eigenvalue weighted by Gasteiger charge is -2.06. The van der Waals surface area contributed by atoms with Gasteiger partial charge in [-0.3, -0.25) is 0 Å². The van der Waals surface area contributed by atoms with Crippen LogP contribution in [0.25, 0.3) is 16.7 Å². The van der Waals surface area contributed by atoms with Crippen LogP contribution in [0.3, 0.4) is 0 Å². The van der Waals surface area contributed by atoms with Crippen molar-refractivity contribution in [3.63, 3.8) is 0 Å². The van der Waals surface area contributed by atoms with Crippen molar-refractivity contribution >= 4 is 22.6 Å². The Hall–Kier alpha value is -2.79. The number of halogens is 1. The molecule has 0 aliphatic carbocycles. The first-order valence-electron chi connectivity index (χ1n) is 7.12. The average molecular weight is 325 g/mol. The third-order valence-corrected chi connectivity index (χ3v) is 3.92. The molecule has 4 aromatic rings. The van der Waals surface area contributed by atoms with Crippen molar-refractivity contribution in [2.45, 2.75) is 6.92 Å². The number of fused-ring (bicyclic) bond motifs is 1. The predicted octanol–water partition coefficient (Wildman–Crippen LogP) is 4.50. The summed E-state index contributed by atoms with van der Waals surface area (Å²) in [6, 6.07) is 11.6. The SMILES string of the molecule is Cc1c(-n2ccnc2)ccc2[nH]c(Oc3ccc(Cl)cc3)nc12. The molecular formula is C17H13ClN4O. The van der Waals surface area contributed by atoms with Crippen molar-refractivity contribution in [2.24, 2.45) is 0 Å². The van der Waals surface area contributed by atoms with Crippen LogP contribution >= 0.6 is 11.6 Å². The number of hydrogen-bond acceptors (Lipinski definition) is 3. The topological polar surface area (TPSA) is 55.7 Å². The molecule has 23 heavy (non-hydrogen) atoms. The van der Waals surface area contributed by atoms with Gasteiger partial charge in [-0.05, 0) is 43.3 Å². The van der Waals surface area contributed by atoms with Gasteiger partial charge in [0, 0.05) is 23.0 Å². The number of imidazole rings is 2. The average Bonchev–Trinajstić information content (AvgIpc) is 3.19. The Morgan fingerprint density at radius 3 is 2.70 bits per heavy atom. The van der Waals surface area contributed by atoms with Crippen molar-refractivity contribution in [3.8, 4) is 17.4 Å². The number of nitrogens with zero attached hydrogens (tertiary/aromatic N) is 3. The summed E-state index contributed by atoms with van der Waals surface area (Å²) >= 11 is 5.88. The van der Waals surface area contributed by atoms with Crippen LogP contribution in [0.4, 0.5) is 0 Å². The van der Waals surface area contributed by atoms with Crippen molar-refractivity contribution in [2.75, 3.05) is 0 Å². The van der Waals surface area contributed by atoms with Crippen LogP contribution in [0.1, 0.15) is 5.56 Å². The van der Waals surface area contributed by atoms with Gasteiger partial charge in [-0.1, -0.05) is 11.6 Å². The number of aromatic amines is 1. The lowest BCUT2D eigenvalue weighted by atomic mass is 10.1. The molecule has 0 spiro atoms. The molecule has 0 unspecified atom stereocenters. The molecule has 0 atom stereocenters. The van der Waals surface area contributed by atoms with Gasteiger partial charge in [-0.15, -0.1) is 0 Å². The highest BCUT2D eigenvalue weighted by Gasteiger charge is 2.11. The highest BCUT2D eigenvalue weighted by atomic mass is 35.5. The molecule has 2 heterocycles. The minimum Gasteiger partial charge on any atom is -0.426 e. The molecule has 0 saturated carbocycles. The molecule has 6 heteroatoms. The number of nitrogens with one attached hydrogen (secondary N) is 1. The van der Waals surface area contributed by atoms with Gasteiger partial charge < -0.3 is 14.3 Å². The van der Waals surface area contributed by atoms with Gasteiger partial charge in [-0.25, -0.2) is 4.98 Å². The van der Waals surface area contributed by atoms with Crippen LogP contribution in [-0.4, -0.2) is 19.5 Å². The van der Waals surface area contributed by atoms with Crippen LogP contribution in [0.2, 0.25) is 5.02 Å². The minimum absolute atomic E-state index is 0.452. The van der Waals surface area contributed by atoms with Gasteiger partial charge in [0.25, 0.3) is 6.01 Å². The fraction of sp³-hybridized carbons (Fsp3) is 0.0588. The van der Waals surface area contributed by atoms with Crippen LogP contribution in [0, 0.1) is 6.92 Å². The number of hydrogen-bond donors (Lipinski definition) is 1. The number of ether oxygens (including phenoxy) is 1. The summed E-state index contributed by atoms with van der Waals surface area (Å²) in [6.45, 7) is 2.03. The first kappa shape index (κ1) is 13.8. The summed E-state index contributed by atoms with van der Waals surface area (Å²) in [7, 11) is 0. The molecule has 1 N–H and O–H groups in total. The van der Waals surface area contributed by atoms with E-state index in [0.717, 1.165) is 22.3 Å². The summed E-state index contributed by atoms with van der Waals surface area (Å²) in [5.74, 6) is 0.681. The van der Waals surface area contributed by atoms with Crippen molar-refractivity contribution in [3.05, 3.63) is 65.7 Å². The molecular weight excluding hydrogens is 312 g/mol. The number of benzene rings is 2. The van der Waals surface area contributed by atoms with Crippen molar-refractivity contribution < 1.29 is 4.74 Å². The van der Waals surface area contributed by atoms with E-state index in [2.05, 4.69) is 15.0 Å². The molecule has 0 amide bonds. The van der Waals surface area contributed by atoms with E-state index in [1.54, 1.807) is 36.8 Å². The maximum atomic E-state index is 5.88. The van der Waals surface area contributed by atoms with Gasteiger partial charge in [0.1, 0.15) is 5.75 Å².